The van der Waals surface area contributed by atoms with Gasteiger partial charge in [0.15, 0.2) is 11.0 Å². The Labute approximate surface area is 144 Å². The summed E-state index contributed by atoms with van der Waals surface area (Å²) in [5.74, 6) is 0.493. The molecule has 7 heteroatoms. The Kier molecular flexibility index (Phi) is 5.06. The number of hydrogen-bond donors (Lipinski definition) is 0. The number of ether oxygens (including phenoxy) is 1. The van der Waals surface area contributed by atoms with Crippen molar-refractivity contribution in [1.29, 1.82) is 0 Å². The minimum atomic E-state index is -0.143. The minimum Gasteiger partial charge on any atom is -0.467 e. The first kappa shape index (κ1) is 16.8. The zero-order valence-electron chi connectivity index (χ0n) is 13.5. The summed E-state index contributed by atoms with van der Waals surface area (Å²) in [6.07, 6.45) is 0.356. The van der Waals surface area contributed by atoms with Crippen LogP contribution in [0.3, 0.4) is 0 Å². The molecule has 1 fully saturated rings. The van der Waals surface area contributed by atoms with E-state index in [1.54, 1.807) is 6.07 Å². The van der Waals surface area contributed by atoms with Crippen LogP contribution in [0.25, 0.3) is 11.0 Å². The minimum absolute atomic E-state index is 0.143. The van der Waals surface area contributed by atoms with Gasteiger partial charge in [-0.1, -0.05) is 11.6 Å². The van der Waals surface area contributed by atoms with Gasteiger partial charge in [0.1, 0.15) is 5.76 Å². The molecular formula is C17H19ClN2O4. The highest BCUT2D eigenvalue weighted by Crippen LogP contribution is 2.30. The van der Waals surface area contributed by atoms with Crippen molar-refractivity contribution in [1.82, 2.24) is 4.90 Å². The Hall–Kier alpha value is -2.05. The number of rotatable bonds is 5. The molecule has 128 valence electrons. The molecule has 1 saturated heterocycles. The van der Waals surface area contributed by atoms with Gasteiger partial charge in [0.2, 0.25) is 0 Å². The van der Waals surface area contributed by atoms with Crippen molar-refractivity contribution in [2.24, 2.45) is 0 Å². The second-order valence-corrected chi connectivity index (χ2v) is 6.32. The first-order valence-electron chi connectivity index (χ1n) is 7.83. The van der Waals surface area contributed by atoms with E-state index in [4.69, 9.17) is 16.0 Å². The molecule has 0 saturated carbocycles. The molecule has 0 amide bonds. The second-order valence-electron chi connectivity index (χ2n) is 5.89. The monoisotopic (exact) mass is 350 g/mol. The summed E-state index contributed by atoms with van der Waals surface area (Å²) in [5.41, 5.74) is 1.23. The third-order valence-electron chi connectivity index (χ3n) is 4.20. The number of likely N-dealkylation sites (N-methyl/N-ethyl adjacent to an activating group) is 1. The predicted octanol–water partition coefficient (Wildman–Crippen LogP) is 1.91. The van der Waals surface area contributed by atoms with Gasteiger partial charge in [-0.15, -0.1) is 0 Å². The van der Waals surface area contributed by atoms with Crippen molar-refractivity contribution in [3.63, 3.8) is 0 Å². The fourth-order valence-electron chi connectivity index (χ4n) is 2.87. The van der Waals surface area contributed by atoms with E-state index in [-0.39, 0.29) is 12.0 Å². The van der Waals surface area contributed by atoms with Gasteiger partial charge in [-0.3, -0.25) is 9.59 Å². The van der Waals surface area contributed by atoms with E-state index in [1.807, 2.05) is 6.07 Å². The molecule has 3 rings (SSSR count). The Morgan fingerprint density at radius 1 is 1.25 bits per heavy atom. The Balaban J connectivity index is 2.03. The van der Waals surface area contributed by atoms with Crippen LogP contribution in [0.2, 0.25) is 5.02 Å². The van der Waals surface area contributed by atoms with E-state index >= 15 is 0 Å². The topological polar surface area (TPSA) is 63.0 Å². The molecule has 0 spiro atoms. The third kappa shape index (κ3) is 3.55. The van der Waals surface area contributed by atoms with Crippen LogP contribution in [-0.4, -0.2) is 51.2 Å². The molecule has 6 nitrogen and oxygen atoms in total. The lowest BCUT2D eigenvalue weighted by molar-refractivity contribution is -0.128. The average molecular weight is 351 g/mol. The lowest BCUT2D eigenvalue weighted by Gasteiger charge is -2.34. The lowest BCUT2D eigenvalue weighted by atomic mass is 10.1. The highest BCUT2D eigenvalue weighted by atomic mass is 35.5. The van der Waals surface area contributed by atoms with Gasteiger partial charge in [0, 0.05) is 43.7 Å². The number of fused-ring (bicyclic) bond motifs is 1. The van der Waals surface area contributed by atoms with Crippen molar-refractivity contribution in [3.05, 3.63) is 39.2 Å². The molecule has 1 aromatic carbocycles. The quantitative estimate of drug-likeness (QED) is 0.606. The van der Waals surface area contributed by atoms with Gasteiger partial charge in [-0.05, 0) is 19.2 Å². The van der Waals surface area contributed by atoms with E-state index < -0.39 is 0 Å². The summed E-state index contributed by atoms with van der Waals surface area (Å²) in [6, 6.07) is 4.90. The van der Waals surface area contributed by atoms with Crippen molar-refractivity contribution >= 4 is 34.7 Å². The van der Waals surface area contributed by atoms with E-state index in [9.17, 15) is 9.59 Å². The SMILES string of the molecule is CN1CCN(c2cc(Cl)cc3c(=O)cc(CCOC=O)oc23)CC1. The molecule has 0 bridgehead atoms. The van der Waals surface area contributed by atoms with Gasteiger partial charge >= 0.3 is 0 Å². The first-order valence-corrected chi connectivity index (χ1v) is 8.21. The third-order valence-corrected chi connectivity index (χ3v) is 4.42. The molecule has 0 aliphatic carbocycles. The summed E-state index contributed by atoms with van der Waals surface area (Å²) in [6.45, 7) is 4.11. The molecule has 1 aromatic heterocycles. The van der Waals surface area contributed by atoms with Crippen molar-refractivity contribution in [3.8, 4) is 0 Å². The summed E-state index contributed by atoms with van der Waals surface area (Å²) in [4.78, 5) is 27.1. The predicted molar refractivity (Wildman–Crippen MR) is 92.9 cm³/mol. The maximum atomic E-state index is 12.4. The molecule has 2 heterocycles. The molecule has 0 N–H and O–H groups in total. The van der Waals surface area contributed by atoms with Crippen LogP contribution in [0.1, 0.15) is 5.76 Å². The maximum Gasteiger partial charge on any atom is 0.293 e. The van der Waals surface area contributed by atoms with E-state index in [1.165, 1.54) is 6.07 Å². The Bertz CT molecular complexity index is 797. The van der Waals surface area contributed by atoms with Crippen LogP contribution in [0, 0.1) is 0 Å². The number of nitrogens with zero attached hydrogens (tertiary/aromatic N) is 2. The van der Waals surface area contributed by atoms with Crippen molar-refractivity contribution in [2.75, 3.05) is 44.7 Å². The van der Waals surface area contributed by atoms with Gasteiger partial charge < -0.3 is 19.0 Å². The van der Waals surface area contributed by atoms with Crippen LogP contribution in [0.15, 0.2) is 27.4 Å². The highest BCUT2D eigenvalue weighted by molar-refractivity contribution is 6.31. The zero-order valence-corrected chi connectivity index (χ0v) is 14.2. The van der Waals surface area contributed by atoms with E-state index in [0.717, 1.165) is 31.9 Å². The zero-order chi connectivity index (χ0) is 17.1. The Morgan fingerprint density at radius 2 is 2.00 bits per heavy atom. The van der Waals surface area contributed by atoms with Crippen molar-refractivity contribution < 1.29 is 13.9 Å². The van der Waals surface area contributed by atoms with Crippen LogP contribution in [0.5, 0.6) is 0 Å². The fraction of sp³-hybridized carbons (Fsp3) is 0.412. The fourth-order valence-corrected chi connectivity index (χ4v) is 3.08. The summed E-state index contributed by atoms with van der Waals surface area (Å²) in [5, 5.41) is 0.984. The maximum absolute atomic E-state index is 12.4. The number of benzene rings is 1. The molecule has 1 aliphatic heterocycles. The van der Waals surface area contributed by atoms with Gasteiger partial charge in [-0.25, -0.2) is 0 Å². The molecule has 0 atom stereocenters. The molecule has 24 heavy (non-hydrogen) atoms. The molecular weight excluding hydrogens is 332 g/mol. The van der Waals surface area contributed by atoms with Crippen LogP contribution >= 0.6 is 11.6 Å². The number of carbonyl (C=O) groups excluding carboxylic acids is 1. The smallest absolute Gasteiger partial charge is 0.293 e. The summed E-state index contributed by atoms with van der Waals surface area (Å²) >= 11 is 6.21. The van der Waals surface area contributed by atoms with Crippen molar-refractivity contribution in [2.45, 2.75) is 6.42 Å². The van der Waals surface area contributed by atoms with Gasteiger partial charge in [-0.2, -0.15) is 0 Å². The summed E-state index contributed by atoms with van der Waals surface area (Å²) in [7, 11) is 2.08. The number of hydrogen-bond acceptors (Lipinski definition) is 6. The summed E-state index contributed by atoms with van der Waals surface area (Å²) < 4.78 is 10.6. The molecule has 0 unspecified atom stereocenters. The Morgan fingerprint density at radius 3 is 2.71 bits per heavy atom. The van der Waals surface area contributed by atoms with Crippen LogP contribution < -0.4 is 10.3 Å². The average Bonchev–Trinajstić information content (AvgIpc) is 2.56. The number of halogens is 1. The number of carbonyl (C=O) groups is 1. The van der Waals surface area contributed by atoms with E-state index in [0.29, 0.717) is 34.6 Å². The molecule has 1 aliphatic rings. The van der Waals surface area contributed by atoms with Gasteiger partial charge in [0.05, 0.1) is 17.7 Å². The number of anilines is 1. The van der Waals surface area contributed by atoms with E-state index in [2.05, 4.69) is 21.6 Å². The molecule has 2 aromatic rings. The van der Waals surface area contributed by atoms with Crippen LogP contribution in [0.4, 0.5) is 5.69 Å². The standard InChI is InChI=1S/C17H19ClN2O4/c1-19-3-5-20(6-4-19)15-9-12(18)8-14-16(22)10-13(24-17(14)15)2-7-23-11-21/h8-11H,2-7H2,1H3. The highest BCUT2D eigenvalue weighted by Gasteiger charge is 2.20. The van der Waals surface area contributed by atoms with Crippen LogP contribution in [-0.2, 0) is 16.0 Å². The first-order chi connectivity index (χ1) is 11.6. The normalized spacial score (nSPS) is 15.7. The number of piperazine rings is 1. The largest absolute Gasteiger partial charge is 0.467 e. The van der Waals surface area contributed by atoms with Gasteiger partial charge in [0.25, 0.3) is 6.47 Å². The molecule has 0 radical (unpaired) electrons. The lowest BCUT2D eigenvalue weighted by Crippen LogP contribution is -2.44. The second kappa shape index (κ2) is 7.23.